The van der Waals surface area contributed by atoms with Gasteiger partial charge in [-0.2, -0.15) is 0 Å². The molecule has 0 bridgehead atoms. The van der Waals surface area contributed by atoms with Gasteiger partial charge in [-0.15, -0.1) is 0 Å². The Hall–Kier alpha value is -1.38. The van der Waals surface area contributed by atoms with Crippen LogP contribution in [-0.4, -0.2) is 13.0 Å². The van der Waals surface area contributed by atoms with Crippen LogP contribution >= 0.6 is 0 Å². The maximum absolute atomic E-state index is 12.7. The molecule has 0 heterocycles. The van der Waals surface area contributed by atoms with E-state index in [-0.39, 0.29) is 5.56 Å². The third kappa shape index (κ3) is 1.55. The maximum Gasteiger partial charge on any atom is 0.254 e. The molecule has 1 aromatic carbocycles. The smallest absolute Gasteiger partial charge is 0.254 e. The minimum Gasteiger partial charge on any atom is -0.355 e. The second kappa shape index (κ2) is 3.14. The molecule has 0 aliphatic heterocycles. The van der Waals surface area contributed by atoms with E-state index in [1.54, 1.807) is 6.07 Å². The third-order valence-electron chi connectivity index (χ3n) is 1.28. The number of benzene rings is 1. The topological polar surface area (TPSA) is 29.1 Å². The van der Waals surface area contributed by atoms with Gasteiger partial charge in [-0.25, -0.2) is 4.39 Å². The normalized spacial score (nSPS) is 9.27. The van der Waals surface area contributed by atoms with Crippen molar-refractivity contribution in [2.45, 2.75) is 0 Å². The van der Waals surface area contributed by atoms with Crippen LogP contribution in [0, 0.1) is 11.9 Å². The first kappa shape index (κ1) is 7.72. The van der Waals surface area contributed by atoms with Gasteiger partial charge in [0.25, 0.3) is 5.91 Å². The lowest BCUT2D eigenvalue weighted by atomic mass is 10.2. The number of amides is 1. The second-order valence-corrected chi connectivity index (χ2v) is 1.98. The molecule has 1 rings (SSSR count). The first-order valence-corrected chi connectivity index (χ1v) is 3.14. The molecule has 0 spiro atoms. The molecule has 0 aliphatic rings. The van der Waals surface area contributed by atoms with Crippen molar-refractivity contribution < 1.29 is 9.18 Å². The molecule has 0 atom stereocenters. The van der Waals surface area contributed by atoms with E-state index >= 15 is 0 Å². The van der Waals surface area contributed by atoms with Gasteiger partial charge in [0.2, 0.25) is 0 Å². The fourth-order valence-corrected chi connectivity index (χ4v) is 0.727. The van der Waals surface area contributed by atoms with Gasteiger partial charge in [0.1, 0.15) is 5.82 Å². The molecule has 0 saturated heterocycles. The zero-order valence-corrected chi connectivity index (χ0v) is 6.02. The van der Waals surface area contributed by atoms with E-state index in [1.165, 1.54) is 19.2 Å². The van der Waals surface area contributed by atoms with Gasteiger partial charge in [-0.1, -0.05) is 12.1 Å². The minimum atomic E-state index is -0.619. The molecule has 0 aromatic heterocycles. The zero-order valence-electron chi connectivity index (χ0n) is 6.02. The van der Waals surface area contributed by atoms with E-state index in [0.29, 0.717) is 0 Å². The number of carbonyl (C=O) groups excluding carboxylic acids is 1. The van der Waals surface area contributed by atoms with Gasteiger partial charge in [-0.3, -0.25) is 4.79 Å². The summed E-state index contributed by atoms with van der Waals surface area (Å²) in [5.41, 5.74) is 0.0231. The van der Waals surface area contributed by atoms with Crippen molar-refractivity contribution in [3.8, 4) is 0 Å². The summed E-state index contributed by atoms with van der Waals surface area (Å²) >= 11 is 0. The van der Waals surface area contributed by atoms with Crippen LogP contribution in [0.15, 0.2) is 18.2 Å². The molecule has 2 nitrogen and oxygen atoms in total. The highest BCUT2D eigenvalue weighted by atomic mass is 19.1. The van der Waals surface area contributed by atoms with Crippen molar-refractivity contribution in [2.24, 2.45) is 0 Å². The van der Waals surface area contributed by atoms with Gasteiger partial charge in [0.15, 0.2) is 0 Å². The van der Waals surface area contributed by atoms with Crippen LogP contribution in [-0.2, 0) is 0 Å². The summed E-state index contributed by atoms with van der Waals surface area (Å²) < 4.78 is 12.7. The quantitative estimate of drug-likeness (QED) is 0.638. The minimum absolute atomic E-state index is 0.0231. The highest BCUT2D eigenvalue weighted by Gasteiger charge is 2.07. The van der Waals surface area contributed by atoms with Gasteiger partial charge in [-0.05, 0) is 6.07 Å². The molecule has 57 valence electrons. The summed E-state index contributed by atoms with van der Waals surface area (Å²) in [6.07, 6.45) is 0. The van der Waals surface area contributed by atoms with Crippen LogP contribution in [0.3, 0.4) is 0 Å². The first-order valence-electron chi connectivity index (χ1n) is 3.14. The predicted octanol–water partition coefficient (Wildman–Crippen LogP) is 0.985. The molecule has 3 heteroatoms. The predicted molar refractivity (Wildman–Crippen MR) is 38.6 cm³/mol. The molecule has 0 unspecified atom stereocenters. The fraction of sp³-hybridized carbons (Fsp3) is 0.125. The molecular weight excluding hydrogens is 145 g/mol. The molecule has 1 amide bonds. The van der Waals surface area contributed by atoms with E-state index in [0.717, 1.165) is 0 Å². The molecule has 11 heavy (non-hydrogen) atoms. The van der Waals surface area contributed by atoms with Crippen LogP contribution in [0.4, 0.5) is 4.39 Å². The number of nitrogens with one attached hydrogen (secondary N) is 1. The number of carbonyl (C=O) groups is 1. The number of halogens is 1. The Labute approximate surface area is 64.0 Å². The van der Waals surface area contributed by atoms with Gasteiger partial charge in [0.05, 0.1) is 5.56 Å². The third-order valence-corrected chi connectivity index (χ3v) is 1.28. The lowest BCUT2D eigenvalue weighted by Gasteiger charge is -1.98. The van der Waals surface area contributed by atoms with Crippen LogP contribution in [0.2, 0.25) is 0 Å². The Kier molecular flexibility index (Phi) is 2.21. The summed E-state index contributed by atoms with van der Waals surface area (Å²) in [6.45, 7) is 0. The van der Waals surface area contributed by atoms with Gasteiger partial charge in [0, 0.05) is 13.1 Å². The number of hydrogen-bond acceptors (Lipinski definition) is 1. The zero-order chi connectivity index (χ0) is 8.27. The van der Waals surface area contributed by atoms with E-state index in [9.17, 15) is 9.18 Å². The van der Waals surface area contributed by atoms with E-state index < -0.39 is 11.7 Å². The van der Waals surface area contributed by atoms with Crippen molar-refractivity contribution in [1.29, 1.82) is 0 Å². The monoisotopic (exact) mass is 152 g/mol. The molecule has 0 fully saturated rings. The molecule has 1 aromatic rings. The van der Waals surface area contributed by atoms with Crippen molar-refractivity contribution in [3.05, 3.63) is 35.6 Å². The standard InChI is InChI=1S/C8H7FNO/c1-10-8(11)6-4-2-3-5-7(6)9/h2-4H,1H3,(H,10,11). The van der Waals surface area contributed by atoms with Crippen LogP contribution in [0.5, 0.6) is 0 Å². The summed E-state index contributed by atoms with van der Waals surface area (Å²) in [5.74, 6) is -1.05. The van der Waals surface area contributed by atoms with Crippen molar-refractivity contribution in [3.63, 3.8) is 0 Å². The summed E-state index contributed by atoms with van der Waals surface area (Å²) in [5, 5.41) is 2.32. The lowest BCUT2D eigenvalue weighted by molar-refractivity contribution is 0.0959. The molecule has 1 N–H and O–H groups in total. The maximum atomic E-state index is 12.7. The Bertz CT molecular complexity index is 273. The SMILES string of the molecule is CNC(=O)c1ccc[c]c1F. The molecule has 1 radical (unpaired) electrons. The van der Waals surface area contributed by atoms with Gasteiger partial charge < -0.3 is 5.32 Å². The van der Waals surface area contributed by atoms with Crippen LogP contribution < -0.4 is 5.32 Å². The average molecular weight is 152 g/mol. The first-order chi connectivity index (χ1) is 5.25. The summed E-state index contributed by atoms with van der Waals surface area (Å²) in [6, 6.07) is 6.68. The Balaban J connectivity index is 3.03. The molecule has 0 saturated carbocycles. The average Bonchev–Trinajstić information content (AvgIpc) is 2.04. The highest BCUT2D eigenvalue weighted by molar-refractivity contribution is 5.94. The summed E-state index contributed by atoms with van der Waals surface area (Å²) in [4.78, 5) is 10.9. The molecular formula is C8H7FNO. The van der Waals surface area contributed by atoms with Crippen LogP contribution in [0.1, 0.15) is 10.4 Å². The highest BCUT2D eigenvalue weighted by Crippen LogP contribution is 2.04. The fourth-order valence-electron chi connectivity index (χ4n) is 0.727. The lowest BCUT2D eigenvalue weighted by Crippen LogP contribution is -2.18. The van der Waals surface area contributed by atoms with Crippen molar-refractivity contribution in [1.82, 2.24) is 5.32 Å². The van der Waals surface area contributed by atoms with E-state index in [1.807, 2.05) is 0 Å². The Morgan fingerprint density at radius 3 is 3.00 bits per heavy atom. The largest absolute Gasteiger partial charge is 0.355 e. The Morgan fingerprint density at radius 2 is 2.45 bits per heavy atom. The summed E-state index contributed by atoms with van der Waals surface area (Å²) in [7, 11) is 1.45. The van der Waals surface area contributed by atoms with Gasteiger partial charge >= 0.3 is 0 Å². The molecule has 0 aliphatic carbocycles. The van der Waals surface area contributed by atoms with E-state index in [2.05, 4.69) is 11.4 Å². The second-order valence-electron chi connectivity index (χ2n) is 1.98. The van der Waals surface area contributed by atoms with E-state index in [4.69, 9.17) is 0 Å². The Morgan fingerprint density at radius 1 is 1.73 bits per heavy atom. The van der Waals surface area contributed by atoms with Crippen molar-refractivity contribution in [2.75, 3.05) is 7.05 Å². The van der Waals surface area contributed by atoms with Crippen molar-refractivity contribution >= 4 is 5.91 Å². The number of rotatable bonds is 1. The van der Waals surface area contributed by atoms with Crippen LogP contribution in [0.25, 0.3) is 0 Å². The number of hydrogen-bond donors (Lipinski definition) is 1.